The van der Waals surface area contributed by atoms with Gasteiger partial charge in [0.1, 0.15) is 0 Å². The van der Waals surface area contributed by atoms with Gasteiger partial charge in [-0.05, 0) is 75.2 Å². The van der Waals surface area contributed by atoms with Gasteiger partial charge >= 0.3 is 0 Å². The van der Waals surface area contributed by atoms with Crippen molar-refractivity contribution in [1.82, 2.24) is 0 Å². The standard InChI is InChI=1S/C22H28S.C8H16.C5H12/c1-15(2)22(16(3)4)13-18(6)19(7)14-23-20(8)21-11-9-17(5)10-12-21;1-2-8-6-4-3-5-7-8;1-3-5-4-2/h9-14H,1,8H2,2-7H3;8H,2-7H2,1H3;3-5H2,1-2H3/b18-13+,19-14+;;. The Labute approximate surface area is 230 Å². The largest absolute Gasteiger partial charge is 0.0978 e. The molecule has 1 aromatic rings. The highest BCUT2D eigenvalue weighted by Crippen LogP contribution is 2.29. The van der Waals surface area contributed by atoms with Crippen LogP contribution in [-0.2, 0) is 0 Å². The fourth-order valence-corrected chi connectivity index (χ4v) is 4.81. The Hall–Kier alpha value is -1.73. The lowest BCUT2D eigenvalue weighted by Crippen LogP contribution is -2.03. The number of thioether (sulfide) groups is 1. The molecular formula is C35H56S. The highest BCUT2D eigenvalue weighted by Gasteiger charge is 2.09. The van der Waals surface area contributed by atoms with Crippen LogP contribution in [0.3, 0.4) is 0 Å². The summed E-state index contributed by atoms with van der Waals surface area (Å²) in [6.07, 6.45) is 15.2. The molecular weight excluding hydrogens is 452 g/mol. The molecule has 0 unspecified atom stereocenters. The van der Waals surface area contributed by atoms with Gasteiger partial charge in [-0.25, -0.2) is 0 Å². The first-order valence-corrected chi connectivity index (χ1v) is 15.1. The van der Waals surface area contributed by atoms with Gasteiger partial charge in [0.05, 0.1) is 0 Å². The van der Waals surface area contributed by atoms with Gasteiger partial charge in [0.15, 0.2) is 0 Å². The molecule has 1 aliphatic carbocycles. The average molecular weight is 509 g/mol. The summed E-state index contributed by atoms with van der Waals surface area (Å²) in [4.78, 5) is 1.07. The normalized spacial score (nSPS) is 14.1. The summed E-state index contributed by atoms with van der Waals surface area (Å²) in [6.45, 7) is 27.7. The molecule has 36 heavy (non-hydrogen) atoms. The third-order valence-corrected chi connectivity index (χ3v) is 7.73. The zero-order valence-corrected chi connectivity index (χ0v) is 26.0. The highest BCUT2D eigenvalue weighted by atomic mass is 32.2. The quantitative estimate of drug-likeness (QED) is 0.299. The van der Waals surface area contributed by atoms with Crippen molar-refractivity contribution in [1.29, 1.82) is 0 Å². The summed E-state index contributed by atoms with van der Waals surface area (Å²) in [6, 6.07) is 8.49. The molecule has 0 aromatic heterocycles. The van der Waals surface area contributed by atoms with E-state index in [1.807, 2.05) is 0 Å². The van der Waals surface area contributed by atoms with E-state index in [2.05, 4.69) is 111 Å². The Morgan fingerprint density at radius 1 is 0.861 bits per heavy atom. The second kappa shape index (κ2) is 20.3. The zero-order chi connectivity index (χ0) is 27.5. The number of benzene rings is 1. The molecule has 1 saturated carbocycles. The van der Waals surface area contributed by atoms with Gasteiger partial charge in [0.25, 0.3) is 0 Å². The minimum Gasteiger partial charge on any atom is -0.0978 e. The summed E-state index contributed by atoms with van der Waals surface area (Å²) >= 11 is 1.68. The van der Waals surface area contributed by atoms with Gasteiger partial charge in [-0.1, -0.05) is 151 Å². The van der Waals surface area contributed by atoms with E-state index in [-0.39, 0.29) is 0 Å². The van der Waals surface area contributed by atoms with Gasteiger partial charge in [-0.3, -0.25) is 0 Å². The molecule has 0 bridgehead atoms. The minimum absolute atomic E-state index is 1.07. The summed E-state index contributed by atoms with van der Waals surface area (Å²) < 4.78 is 0. The molecule has 0 heterocycles. The van der Waals surface area contributed by atoms with Crippen LogP contribution >= 0.6 is 11.8 Å². The van der Waals surface area contributed by atoms with Crippen molar-refractivity contribution < 1.29 is 0 Å². The molecule has 0 spiro atoms. The molecule has 0 amide bonds. The highest BCUT2D eigenvalue weighted by molar-refractivity contribution is 8.10. The molecule has 202 valence electrons. The second-order valence-electron chi connectivity index (χ2n) is 10.5. The van der Waals surface area contributed by atoms with Crippen LogP contribution < -0.4 is 0 Å². The Balaban J connectivity index is 0.000000764. The Bertz CT molecular complexity index is 848. The van der Waals surface area contributed by atoms with Gasteiger partial charge in [-0.2, -0.15) is 0 Å². The van der Waals surface area contributed by atoms with E-state index in [1.54, 1.807) is 11.8 Å². The topological polar surface area (TPSA) is 0 Å². The first-order chi connectivity index (χ1) is 17.1. The lowest BCUT2D eigenvalue weighted by molar-refractivity contribution is 0.349. The maximum absolute atomic E-state index is 4.18. The lowest BCUT2D eigenvalue weighted by atomic mass is 9.88. The summed E-state index contributed by atoms with van der Waals surface area (Å²) in [7, 11) is 0. The fourth-order valence-electron chi connectivity index (χ4n) is 4.03. The third-order valence-electron chi connectivity index (χ3n) is 6.74. The fraction of sp³-hybridized carbons (Fsp3) is 0.543. The molecule has 0 nitrogen and oxygen atoms in total. The van der Waals surface area contributed by atoms with Crippen molar-refractivity contribution in [3.8, 4) is 0 Å². The van der Waals surface area contributed by atoms with Gasteiger partial charge in [0, 0.05) is 4.91 Å². The summed E-state index contributed by atoms with van der Waals surface area (Å²) in [5.41, 5.74) is 8.59. The number of rotatable bonds is 9. The van der Waals surface area contributed by atoms with Gasteiger partial charge in [-0.15, -0.1) is 0 Å². The van der Waals surface area contributed by atoms with Crippen LogP contribution in [0.25, 0.3) is 4.91 Å². The smallest absolute Gasteiger partial charge is 0.0116 e. The monoisotopic (exact) mass is 508 g/mol. The lowest BCUT2D eigenvalue weighted by Gasteiger charge is -2.18. The molecule has 0 N–H and O–H groups in total. The predicted molar refractivity (Wildman–Crippen MR) is 171 cm³/mol. The van der Waals surface area contributed by atoms with E-state index >= 15 is 0 Å². The van der Waals surface area contributed by atoms with Crippen molar-refractivity contribution in [2.45, 2.75) is 120 Å². The predicted octanol–water partition coefficient (Wildman–Crippen LogP) is 12.6. The van der Waals surface area contributed by atoms with Crippen LogP contribution in [0.1, 0.15) is 124 Å². The van der Waals surface area contributed by atoms with Crippen LogP contribution in [0.15, 0.2) is 76.8 Å². The molecule has 1 heteroatoms. The van der Waals surface area contributed by atoms with Crippen LogP contribution in [0.4, 0.5) is 0 Å². The van der Waals surface area contributed by atoms with E-state index in [4.69, 9.17) is 0 Å². The van der Waals surface area contributed by atoms with Crippen LogP contribution in [0.2, 0.25) is 0 Å². The Morgan fingerprint density at radius 2 is 1.42 bits per heavy atom. The van der Waals surface area contributed by atoms with E-state index in [9.17, 15) is 0 Å². The first-order valence-electron chi connectivity index (χ1n) is 14.2. The van der Waals surface area contributed by atoms with E-state index in [0.717, 1.165) is 16.4 Å². The van der Waals surface area contributed by atoms with Crippen molar-refractivity contribution in [3.05, 3.63) is 87.9 Å². The number of hydrogen-bond donors (Lipinski definition) is 0. The maximum Gasteiger partial charge on any atom is 0.0116 e. The van der Waals surface area contributed by atoms with Gasteiger partial charge in [0.2, 0.25) is 0 Å². The average Bonchev–Trinajstić information content (AvgIpc) is 2.87. The van der Waals surface area contributed by atoms with Crippen LogP contribution in [0.5, 0.6) is 0 Å². The molecule has 0 radical (unpaired) electrons. The second-order valence-corrected chi connectivity index (χ2v) is 11.5. The summed E-state index contributed by atoms with van der Waals surface area (Å²) in [5.74, 6) is 1.09. The zero-order valence-electron chi connectivity index (χ0n) is 25.2. The van der Waals surface area contributed by atoms with Crippen LogP contribution in [-0.4, -0.2) is 0 Å². The number of hydrogen-bond acceptors (Lipinski definition) is 1. The minimum atomic E-state index is 1.07. The van der Waals surface area contributed by atoms with Crippen molar-refractivity contribution in [2.24, 2.45) is 5.92 Å². The molecule has 1 fully saturated rings. The Morgan fingerprint density at radius 3 is 1.81 bits per heavy atom. The number of unbranched alkanes of at least 4 members (excludes halogenated alkanes) is 2. The van der Waals surface area contributed by atoms with E-state index in [1.165, 1.54) is 91.2 Å². The maximum atomic E-state index is 4.18. The number of aryl methyl sites for hydroxylation is 1. The third kappa shape index (κ3) is 15.4. The number of allylic oxidation sites excluding steroid dienone is 6. The molecule has 0 saturated heterocycles. The molecule has 1 aromatic carbocycles. The van der Waals surface area contributed by atoms with Gasteiger partial charge < -0.3 is 0 Å². The summed E-state index contributed by atoms with van der Waals surface area (Å²) in [5, 5.41) is 2.18. The molecule has 2 rings (SSSR count). The van der Waals surface area contributed by atoms with Crippen molar-refractivity contribution in [2.75, 3.05) is 0 Å². The first kappa shape index (κ1) is 34.3. The Kier molecular flexibility index (Phi) is 19.4. The van der Waals surface area contributed by atoms with Crippen molar-refractivity contribution >= 4 is 16.7 Å². The van der Waals surface area contributed by atoms with E-state index < -0.39 is 0 Å². The van der Waals surface area contributed by atoms with Crippen molar-refractivity contribution in [3.63, 3.8) is 0 Å². The SMILES string of the molecule is C=C(C)C(/C=C(C)/C(C)=C/SC(=C)c1ccc(C)cc1)=C(C)C.CCC1CCCCC1.CCCCC. The van der Waals surface area contributed by atoms with E-state index in [0.29, 0.717) is 0 Å². The molecule has 0 atom stereocenters. The molecule has 0 aliphatic heterocycles. The van der Waals surface area contributed by atoms with Crippen LogP contribution in [0, 0.1) is 12.8 Å². The molecule has 1 aliphatic rings.